The Morgan fingerprint density at radius 2 is 1.89 bits per heavy atom. The number of rotatable bonds is 3. The molecule has 0 aromatic heterocycles. The van der Waals surface area contributed by atoms with Crippen LogP contribution in [0.2, 0.25) is 18.1 Å². The van der Waals surface area contributed by atoms with Crippen LogP contribution in [0, 0.1) is 17.4 Å². The smallest absolute Gasteiger partial charge is 0.267 e. The van der Waals surface area contributed by atoms with Crippen molar-refractivity contribution >= 4 is 14.0 Å². The van der Waals surface area contributed by atoms with Gasteiger partial charge in [0.1, 0.15) is 8.07 Å². The van der Waals surface area contributed by atoms with Crippen LogP contribution < -0.4 is 0 Å². The molecule has 0 spiro atoms. The summed E-state index contributed by atoms with van der Waals surface area (Å²) in [5.41, 5.74) is 1.89. The largest absolute Gasteiger partial charge is 0.369 e. The zero-order valence-electron chi connectivity index (χ0n) is 12.2. The van der Waals surface area contributed by atoms with E-state index in [4.69, 9.17) is 0 Å². The second-order valence-electron chi connectivity index (χ2n) is 5.44. The van der Waals surface area contributed by atoms with Gasteiger partial charge >= 0.3 is 0 Å². The van der Waals surface area contributed by atoms with Gasteiger partial charge in [-0.25, -0.2) is 0 Å². The van der Waals surface area contributed by atoms with Crippen LogP contribution in [-0.4, -0.2) is 43.2 Å². The maximum absolute atomic E-state index is 12.0. The van der Waals surface area contributed by atoms with Crippen LogP contribution in [0.5, 0.6) is 0 Å². The van der Waals surface area contributed by atoms with Gasteiger partial charge in [0.25, 0.3) is 5.91 Å². The molecule has 4 heteroatoms. The van der Waals surface area contributed by atoms with Gasteiger partial charge in [0.15, 0.2) is 0 Å². The van der Waals surface area contributed by atoms with Crippen molar-refractivity contribution in [2.45, 2.75) is 51.4 Å². The number of carbonyl (C=O) groups is 1. The summed E-state index contributed by atoms with van der Waals surface area (Å²) in [5, 5.41) is 10.5. The molecule has 0 saturated carbocycles. The first kappa shape index (κ1) is 15.3. The molecule has 1 rings (SSSR count). The molecule has 0 radical (unpaired) electrons. The normalized spacial score (nSPS) is 28.2. The Balaban J connectivity index is 3.06. The van der Waals surface area contributed by atoms with Gasteiger partial charge in [-0.2, -0.15) is 0 Å². The number of hydrogen-bond donors (Lipinski definition) is 1. The first-order valence-corrected chi connectivity index (χ1v) is 9.49. The molecule has 0 bridgehead atoms. The average Bonchev–Trinajstić information content (AvgIpc) is 2.56. The third kappa shape index (κ3) is 2.48. The summed E-state index contributed by atoms with van der Waals surface area (Å²) in [4.78, 5) is 13.6. The highest BCUT2D eigenvalue weighted by molar-refractivity contribution is 6.87. The van der Waals surface area contributed by atoms with Crippen molar-refractivity contribution in [3.05, 3.63) is 0 Å². The molecular weight excluding hydrogens is 242 g/mol. The highest BCUT2D eigenvalue weighted by atomic mass is 28.3. The molecule has 2 unspecified atom stereocenters. The molecule has 3 nitrogen and oxygen atoms in total. The minimum Gasteiger partial charge on any atom is -0.369 e. The monoisotopic (exact) mass is 267 g/mol. The van der Waals surface area contributed by atoms with Crippen LogP contribution in [0.1, 0.15) is 27.7 Å². The maximum atomic E-state index is 12.0. The number of hydrogen-bond acceptors (Lipinski definition) is 2. The van der Waals surface area contributed by atoms with E-state index in [2.05, 4.69) is 32.2 Å². The number of amides is 1. The molecule has 1 amide bonds. The van der Waals surface area contributed by atoms with Crippen molar-refractivity contribution in [1.82, 2.24) is 4.90 Å². The molecule has 1 aliphatic heterocycles. The molecule has 18 heavy (non-hydrogen) atoms. The summed E-state index contributed by atoms with van der Waals surface area (Å²) in [6.07, 6.45) is 0. The molecule has 1 saturated heterocycles. The van der Waals surface area contributed by atoms with E-state index in [1.54, 1.807) is 11.9 Å². The zero-order chi connectivity index (χ0) is 14.0. The zero-order valence-corrected chi connectivity index (χ0v) is 13.2. The van der Waals surface area contributed by atoms with Crippen molar-refractivity contribution in [2.75, 3.05) is 13.6 Å². The van der Waals surface area contributed by atoms with Crippen LogP contribution in [0.25, 0.3) is 0 Å². The third-order valence-corrected chi connectivity index (χ3v) is 9.20. The molecule has 102 valence electrons. The second-order valence-corrected chi connectivity index (χ2v) is 10.4. The van der Waals surface area contributed by atoms with Crippen molar-refractivity contribution in [3.63, 3.8) is 0 Å². The second kappa shape index (κ2) is 5.46. The molecule has 1 heterocycles. The van der Waals surface area contributed by atoms with Crippen molar-refractivity contribution in [1.29, 1.82) is 0 Å². The van der Waals surface area contributed by atoms with E-state index in [0.29, 0.717) is 6.54 Å². The van der Waals surface area contributed by atoms with Gasteiger partial charge in [0.2, 0.25) is 5.60 Å². The summed E-state index contributed by atoms with van der Waals surface area (Å²) in [6, 6.07) is 3.25. The van der Waals surface area contributed by atoms with Crippen molar-refractivity contribution in [3.8, 4) is 11.5 Å². The van der Waals surface area contributed by atoms with Crippen molar-refractivity contribution in [2.24, 2.45) is 5.92 Å². The number of aliphatic hydroxyl groups is 1. The molecule has 0 aromatic carbocycles. The summed E-state index contributed by atoms with van der Waals surface area (Å²) in [6.45, 7) is 8.99. The number of carbonyl (C=O) groups excluding carboxylic acids is 1. The molecule has 1 N–H and O–H groups in total. The fraction of sp³-hybridized carbons (Fsp3) is 0.786. The SMILES string of the molecule is CC[Si](C#CC1(O)C(=O)N(C)CC1C)(CC)CC. The van der Waals surface area contributed by atoms with Crippen LogP contribution in [-0.2, 0) is 4.79 Å². The maximum Gasteiger partial charge on any atom is 0.267 e. The molecule has 2 atom stereocenters. The van der Waals surface area contributed by atoms with E-state index >= 15 is 0 Å². The molecular formula is C14H25NO2Si. The van der Waals surface area contributed by atoms with Crippen LogP contribution >= 0.6 is 0 Å². The lowest BCUT2D eigenvalue weighted by Gasteiger charge is -2.23. The van der Waals surface area contributed by atoms with Gasteiger partial charge in [-0.05, 0) is 18.1 Å². The quantitative estimate of drug-likeness (QED) is 0.626. The van der Waals surface area contributed by atoms with Gasteiger partial charge in [-0.15, -0.1) is 5.54 Å². The van der Waals surface area contributed by atoms with E-state index in [0.717, 1.165) is 18.1 Å². The van der Waals surface area contributed by atoms with Crippen LogP contribution in [0.3, 0.4) is 0 Å². The summed E-state index contributed by atoms with van der Waals surface area (Å²) >= 11 is 0. The van der Waals surface area contributed by atoms with E-state index in [-0.39, 0.29) is 11.8 Å². The van der Waals surface area contributed by atoms with E-state index in [9.17, 15) is 9.90 Å². The Bertz CT molecular complexity index is 373. The lowest BCUT2D eigenvalue weighted by molar-refractivity contribution is -0.138. The summed E-state index contributed by atoms with van der Waals surface area (Å²) < 4.78 is 0. The van der Waals surface area contributed by atoms with E-state index in [1.165, 1.54) is 0 Å². The van der Waals surface area contributed by atoms with E-state index in [1.807, 2.05) is 6.92 Å². The summed E-state index contributed by atoms with van der Waals surface area (Å²) in [5.74, 6) is 2.60. The predicted molar refractivity (Wildman–Crippen MR) is 76.7 cm³/mol. The fourth-order valence-corrected chi connectivity index (χ4v) is 5.03. The topological polar surface area (TPSA) is 40.5 Å². The van der Waals surface area contributed by atoms with Crippen LogP contribution in [0.15, 0.2) is 0 Å². The van der Waals surface area contributed by atoms with Gasteiger partial charge < -0.3 is 10.0 Å². The Morgan fingerprint density at radius 3 is 2.22 bits per heavy atom. The highest BCUT2D eigenvalue weighted by Crippen LogP contribution is 2.28. The van der Waals surface area contributed by atoms with Gasteiger partial charge in [-0.1, -0.05) is 33.6 Å². The average molecular weight is 267 g/mol. The molecule has 0 aromatic rings. The van der Waals surface area contributed by atoms with Crippen molar-refractivity contribution < 1.29 is 9.90 Å². The van der Waals surface area contributed by atoms with Crippen LogP contribution in [0.4, 0.5) is 0 Å². The first-order valence-electron chi connectivity index (χ1n) is 6.87. The Hall–Kier alpha value is -0.793. The number of likely N-dealkylation sites (N-methyl/N-ethyl adjacent to an activating group) is 1. The Labute approximate surface area is 112 Å². The lowest BCUT2D eigenvalue weighted by Crippen LogP contribution is -2.41. The lowest BCUT2D eigenvalue weighted by atomic mass is 9.93. The number of nitrogens with zero attached hydrogens (tertiary/aromatic N) is 1. The molecule has 0 aliphatic carbocycles. The minimum atomic E-state index is -1.61. The number of likely N-dealkylation sites (tertiary alicyclic amines) is 1. The third-order valence-electron chi connectivity index (χ3n) is 4.48. The molecule has 1 fully saturated rings. The Kier molecular flexibility index (Phi) is 4.63. The highest BCUT2D eigenvalue weighted by Gasteiger charge is 2.48. The fourth-order valence-electron chi connectivity index (χ4n) is 2.55. The van der Waals surface area contributed by atoms with Gasteiger partial charge in [0.05, 0.1) is 0 Å². The van der Waals surface area contributed by atoms with Gasteiger partial charge in [0, 0.05) is 19.5 Å². The minimum absolute atomic E-state index is 0.111. The van der Waals surface area contributed by atoms with E-state index < -0.39 is 13.7 Å². The Morgan fingerprint density at radius 1 is 1.39 bits per heavy atom. The van der Waals surface area contributed by atoms with Gasteiger partial charge in [-0.3, -0.25) is 4.79 Å². The standard InChI is InChI=1S/C14H25NO2Si/c1-6-18(7-2,8-3)10-9-14(17)12(4)11-15(5)13(14)16/h12,17H,6-8,11H2,1-5H3. The molecule has 1 aliphatic rings. The first-order chi connectivity index (χ1) is 8.35. The predicted octanol–water partition coefficient (Wildman–Crippen LogP) is 1.88. The summed E-state index contributed by atoms with van der Waals surface area (Å²) in [7, 11) is 0.120.